The molecule has 9 heteroatoms. The van der Waals surface area contributed by atoms with Gasteiger partial charge in [-0.2, -0.15) is 10.2 Å². The number of pyridine rings is 2. The molecule has 0 aromatic carbocycles. The van der Waals surface area contributed by atoms with Crippen molar-refractivity contribution in [3.63, 3.8) is 0 Å². The van der Waals surface area contributed by atoms with Crippen LogP contribution in [0.5, 0.6) is 0 Å². The fraction of sp³-hybridized carbons (Fsp3) is 0.375. The van der Waals surface area contributed by atoms with Crippen LogP contribution in [0.2, 0.25) is 0 Å². The number of morpholine rings is 1. The molecule has 0 atom stereocenters. The zero-order valence-corrected chi connectivity index (χ0v) is 19.0. The molecule has 5 rings (SSSR count). The maximum absolute atomic E-state index is 5.42. The Morgan fingerprint density at radius 3 is 2.70 bits per heavy atom. The van der Waals surface area contributed by atoms with Gasteiger partial charge in [-0.1, -0.05) is 13.8 Å². The largest absolute Gasteiger partial charge is 0.379 e. The van der Waals surface area contributed by atoms with Crippen LogP contribution in [-0.4, -0.2) is 67.7 Å². The average Bonchev–Trinajstić information content (AvgIpc) is 3.32. The molecular formula is C24H28N8O. The lowest BCUT2D eigenvalue weighted by Gasteiger charge is -2.26. The van der Waals surface area contributed by atoms with Gasteiger partial charge in [0, 0.05) is 43.2 Å². The molecule has 5 heterocycles. The van der Waals surface area contributed by atoms with E-state index in [0.717, 1.165) is 67.1 Å². The number of hydrogen-bond donors (Lipinski definition) is 1. The Balaban J connectivity index is 1.31. The van der Waals surface area contributed by atoms with Crippen LogP contribution < -0.4 is 5.32 Å². The van der Waals surface area contributed by atoms with Crippen molar-refractivity contribution >= 4 is 22.7 Å². The molecule has 1 saturated heterocycles. The normalized spacial score (nSPS) is 14.8. The summed E-state index contributed by atoms with van der Waals surface area (Å²) >= 11 is 0. The van der Waals surface area contributed by atoms with Crippen molar-refractivity contribution in [1.82, 2.24) is 34.8 Å². The van der Waals surface area contributed by atoms with Gasteiger partial charge in [0.25, 0.3) is 0 Å². The zero-order chi connectivity index (χ0) is 22.6. The maximum Gasteiger partial charge on any atom is 0.154 e. The van der Waals surface area contributed by atoms with Crippen LogP contribution in [-0.2, 0) is 11.3 Å². The summed E-state index contributed by atoms with van der Waals surface area (Å²) in [4.78, 5) is 11.7. The molecule has 1 aliphatic heterocycles. The van der Waals surface area contributed by atoms with E-state index in [-0.39, 0.29) is 0 Å². The Bertz CT molecular complexity index is 1230. The second-order valence-electron chi connectivity index (χ2n) is 8.56. The summed E-state index contributed by atoms with van der Waals surface area (Å²) in [7, 11) is 0. The summed E-state index contributed by atoms with van der Waals surface area (Å²) in [6.07, 6.45) is 7.62. The molecule has 1 aliphatic rings. The number of aromatic nitrogens is 6. The summed E-state index contributed by atoms with van der Waals surface area (Å²) in [5.41, 5.74) is 4.80. The minimum Gasteiger partial charge on any atom is -0.379 e. The van der Waals surface area contributed by atoms with Gasteiger partial charge in [0.2, 0.25) is 0 Å². The van der Waals surface area contributed by atoms with Gasteiger partial charge in [-0.05, 0) is 35.7 Å². The molecule has 0 unspecified atom stereocenters. The van der Waals surface area contributed by atoms with Crippen LogP contribution in [0.1, 0.15) is 25.3 Å². The smallest absolute Gasteiger partial charge is 0.154 e. The Morgan fingerprint density at radius 2 is 1.85 bits per heavy atom. The van der Waals surface area contributed by atoms with Gasteiger partial charge in [0.05, 0.1) is 43.2 Å². The number of hydrogen-bond acceptors (Lipinski definition) is 8. The lowest BCUT2D eigenvalue weighted by atomic mass is 10.1. The second kappa shape index (κ2) is 9.60. The first-order chi connectivity index (χ1) is 16.1. The van der Waals surface area contributed by atoms with E-state index in [1.165, 1.54) is 0 Å². The van der Waals surface area contributed by atoms with Crippen molar-refractivity contribution in [1.29, 1.82) is 0 Å². The van der Waals surface area contributed by atoms with Gasteiger partial charge in [0.15, 0.2) is 5.82 Å². The first-order valence-corrected chi connectivity index (χ1v) is 11.3. The van der Waals surface area contributed by atoms with Gasteiger partial charge < -0.3 is 10.1 Å². The van der Waals surface area contributed by atoms with Gasteiger partial charge in [-0.15, -0.1) is 5.10 Å². The SMILES string of the molecule is CC(C)c1cnnc(Nc2ccc3ncc(-c4cnn(CCN5CCOCC5)c4)cc3n2)c1. The van der Waals surface area contributed by atoms with Crippen LogP contribution in [0.4, 0.5) is 11.6 Å². The predicted molar refractivity (Wildman–Crippen MR) is 127 cm³/mol. The van der Waals surface area contributed by atoms with Crippen molar-refractivity contribution in [3.05, 3.63) is 54.6 Å². The zero-order valence-electron chi connectivity index (χ0n) is 19.0. The standard InChI is InChI=1S/C24H28N8O/c1-17(2)18-12-24(30-26-14-18)29-23-4-3-21-22(28-23)11-19(13-25-21)20-15-27-32(16-20)6-5-31-7-9-33-10-8-31/h3-4,11-17H,5-10H2,1-2H3,(H,28,29,30). The molecule has 0 aliphatic carbocycles. The minimum atomic E-state index is 0.382. The lowest BCUT2D eigenvalue weighted by molar-refractivity contribution is 0.0360. The van der Waals surface area contributed by atoms with Gasteiger partial charge >= 0.3 is 0 Å². The molecule has 1 N–H and O–H groups in total. The van der Waals surface area contributed by atoms with E-state index in [0.29, 0.717) is 17.6 Å². The van der Waals surface area contributed by atoms with Crippen molar-refractivity contribution in [2.75, 3.05) is 38.2 Å². The van der Waals surface area contributed by atoms with Gasteiger partial charge in [-0.3, -0.25) is 14.6 Å². The molecule has 170 valence electrons. The molecule has 4 aromatic heterocycles. The van der Waals surface area contributed by atoms with Crippen molar-refractivity contribution in [3.8, 4) is 11.1 Å². The molecule has 4 aromatic rings. The Labute approximate surface area is 192 Å². The summed E-state index contributed by atoms with van der Waals surface area (Å²) in [6.45, 7) is 9.68. The maximum atomic E-state index is 5.42. The highest BCUT2D eigenvalue weighted by atomic mass is 16.5. The Morgan fingerprint density at radius 1 is 0.970 bits per heavy atom. The number of fused-ring (bicyclic) bond motifs is 1. The minimum absolute atomic E-state index is 0.382. The molecule has 0 radical (unpaired) electrons. The third-order valence-electron chi connectivity index (χ3n) is 5.85. The highest BCUT2D eigenvalue weighted by Crippen LogP contribution is 2.24. The number of nitrogens with one attached hydrogen (secondary N) is 1. The van der Waals surface area contributed by atoms with E-state index in [2.05, 4.69) is 50.5 Å². The number of ether oxygens (including phenoxy) is 1. The van der Waals surface area contributed by atoms with E-state index in [4.69, 9.17) is 9.72 Å². The second-order valence-corrected chi connectivity index (χ2v) is 8.56. The number of rotatable bonds is 7. The van der Waals surface area contributed by atoms with Crippen molar-refractivity contribution < 1.29 is 4.74 Å². The van der Waals surface area contributed by atoms with Crippen molar-refractivity contribution in [2.45, 2.75) is 26.3 Å². The van der Waals surface area contributed by atoms with Crippen LogP contribution in [0.15, 0.2) is 49.1 Å². The van der Waals surface area contributed by atoms with Crippen LogP contribution in [0.3, 0.4) is 0 Å². The third-order valence-corrected chi connectivity index (χ3v) is 5.85. The molecule has 0 spiro atoms. The third kappa shape index (κ3) is 5.15. The van der Waals surface area contributed by atoms with E-state index in [1.54, 1.807) is 6.20 Å². The quantitative estimate of drug-likeness (QED) is 0.463. The van der Waals surface area contributed by atoms with E-state index in [9.17, 15) is 0 Å². The lowest BCUT2D eigenvalue weighted by Crippen LogP contribution is -2.38. The van der Waals surface area contributed by atoms with E-state index >= 15 is 0 Å². The summed E-state index contributed by atoms with van der Waals surface area (Å²) < 4.78 is 7.40. The molecule has 0 amide bonds. The summed E-state index contributed by atoms with van der Waals surface area (Å²) in [5.74, 6) is 1.77. The highest BCUT2D eigenvalue weighted by Gasteiger charge is 2.11. The number of nitrogens with zero attached hydrogens (tertiary/aromatic N) is 7. The molecule has 1 fully saturated rings. The number of anilines is 2. The van der Waals surface area contributed by atoms with E-state index in [1.807, 2.05) is 41.3 Å². The molecule has 0 bridgehead atoms. The van der Waals surface area contributed by atoms with Crippen molar-refractivity contribution in [2.24, 2.45) is 0 Å². The average molecular weight is 445 g/mol. The van der Waals surface area contributed by atoms with Crippen LogP contribution >= 0.6 is 0 Å². The van der Waals surface area contributed by atoms with Gasteiger partial charge in [0.1, 0.15) is 5.82 Å². The summed E-state index contributed by atoms with van der Waals surface area (Å²) in [5, 5.41) is 16.1. The molecule has 9 nitrogen and oxygen atoms in total. The molecular weight excluding hydrogens is 416 g/mol. The fourth-order valence-electron chi connectivity index (χ4n) is 3.83. The van der Waals surface area contributed by atoms with Gasteiger partial charge in [-0.25, -0.2) is 4.98 Å². The highest BCUT2D eigenvalue weighted by molar-refractivity contribution is 5.81. The van der Waals surface area contributed by atoms with Crippen LogP contribution in [0, 0.1) is 0 Å². The first kappa shape index (κ1) is 21.4. The summed E-state index contributed by atoms with van der Waals surface area (Å²) in [6, 6.07) is 7.92. The topological polar surface area (TPSA) is 93.9 Å². The van der Waals surface area contributed by atoms with Crippen LogP contribution in [0.25, 0.3) is 22.2 Å². The Kier molecular flexibility index (Phi) is 6.23. The monoisotopic (exact) mass is 444 g/mol. The Hall–Kier alpha value is -3.43. The first-order valence-electron chi connectivity index (χ1n) is 11.3. The molecule has 33 heavy (non-hydrogen) atoms. The van der Waals surface area contributed by atoms with E-state index < -0.39 is 0 Å². The predicted octanol–water partition coefficient (Wildman–Crippen LogP) is 3.48. The molecule has 0 saturated carbocycles. The fourth-order valence-corrected chi connectivity index (χ4v) is 3.83.